The smallest absolute Gasteiger partial charge is 0.0998 e. The maximum atomic E-state index is 6.15. The number of aromatic nitrogens is 3. The number of nitrogens with two attached hydrogens (primary N) is 1. The topological polar surface area (TPSA) is 56.7 Å². The summed E-state index contributed by atoms with van der Waals surface area (Å²) in [5, 5.41) is 8.95. The van der Waals surface area contributed by atoms with E-state index < -0.39 is 0 Å². The molecular weight excluding hydrogens is 328 g/mol. The Morgan fingerprint density at radius 2 is 2.21 bits per heavy atom. The van der Waals surface area contributed by atoms with E-state index in [1.807, 2.05) is 25.3 Å². The molecule has 2 aromatic rings. The average Bonchev–Trinajstić information content (AvgIpc) is 2.83. The molecule has 2 rings (SSSR count). The predicted octanol–water partition coefficient (Wildman–Crippen LogP) is 3.79. The first kappa shape index (κ1) is 14.5. The molecule has 2 N–H and O–H groups in total. The Morgan fingerprint density at radius 1 is 1.47 bits per heavy atom. The number of benzene rings is 1. The van der Waals surface area contributed by atoms with Gasteiger partial charge in [0, 0.05) is 9.50 Å². The van der Waals surface area contributed by atoms with E-state index in [1.54, 1.807) is 4.68 Å². The Kier molecular flexibility index (Phi) is 4.60. The van der Waals surface area contributed by atoms with E-state index in [0.29, 0.717) is 5.02 Å². The highest BCUT2D eigenvalue weighted by atomic mass is 79.9. The monoisotopic (exact) mass is 342 g/mol. The molecule has 1 aromatic heterocycles. The summed E-state index contributed by atoms with van der Waals surface area (Å²) in [5.41, 5.74) is 8.71. The quantitative estimate of drug-likeness (QED) is 0.919. The van der Waals surface area contributed by atoms with E-state index in [0.717, 1.165) is 34.3 Å². The molecule has 0 fully saturated rings. The van der Waals surface area contributed by atoms with Gasteiger partial charge in [0.2, 0.25) is 0 Å². The minimum Gasteiger partial charge on any atom is -0.323 e. The molecule has 102 valence electrons. The Hall–Kier alpha value is -0.910. The summed E-state index contributed by atoms with van der Waals surface area (Å²) in [5.74, 6) is 0. The van der Waals surface area contributed by atoms with Gasteiger partial charge in [-0.05, 0) is 47.0 Å². The molecule has 1 aromatic carbocycles. The fraction of sp³-hybridized carbons (Fsp3) is 0.385. The van der Waals surface area contributed by atoms with Gasteiger partial charge in [0.25, 0.3) is 0 Å². The van der Waals surface area contributed by atoms with Crippen molar-refractivity contribution < 1.29 is 0 Å². The molecule has 1 atom stereocenters. The van der Waals surface area contributed by atoms with Crippen molar-refractivity contribution in [2.75, 3.05) is 0 Å². The molecule has 0 bridgehead atoms. The Morgan fingerprint density at radius 3 is 2.89 bits per heavy atom. The number of rotatable bonds is 4. The number of hydrogen-bond donors (Lipinski definition) is 1. The molecule has 0 amide bonds. The zero-order valence-corrected chi connectivity index (χ0v) is 13.2. The van der Waals surface area contributed by atoms with Crippen LogP contribution in [0.15, 0.2) is 22.8 Å². The number of halogens is 2. The third-order valence-corrected chi connectivity index (χ3v) is 4.01. The van der Waals surface area contributed by atoms with Gasteiger partial charge in [-0.25, -0.2) is 4.68 Å². The summed E-state index contributed by atoms with van der Waals surface area (Å²) in [6.45, 7) is 4.06. The zero-order valence-electron chi connectivity index (χ0n) is 10.9. The van der Waals surface area contributed by atoms with Crippen molar-refractivity contribution in [2.24, 2.45) is 5.73 Å². The van der Waals surface area contributed by atoms with Gasteiger partial charge >= 0.3 is 0 Å². The second-order valence-electron chi connectivity index (χ2n) is 4.54. The van der Waals surface area contributed by atoms with Gasteiger partial charge in [0.15, 0.2) is 0 Å². The lowest BCUT2D eigenvalue weighted by atomic mass is 10.1. The SMILES string of the molecule is CCCC(N)c1cn(-c2cc(Cl)c(C)cc2Br)nn1. The van der Waals surface area contributed by atoms with Crippen molar-refractivity contribution in [1.82, 2.24) is 15.0 Å². The molecule has 6 heteroatoms. The van der Waals surface area contributed by atoms with Gasteiger partial charge in [0.05, 0.1) is 23.6 Å². The third kappa shape index (κ3) is 3.16. The molecule has 0 radical (unpaired) electrons. The fourth-order valence-corrected chi connectivity index (χ4v) is 2.63. The van der Waals surface area contributed by atoms with E-state index in [1.165, 1.54) is 0 Å². The maximum absolute atomic E-state index is 6.15. The highest BCUT2D eigenvalue weighted by Crippen LogP contribution is 2.28. The summed E-state index contributed by atoms with van der Waals surface area (Å²) in [7, 11) is 0. The first-order chi connectivity index (χ1) is 9.02. The van der Waals surface area contributed by atoms with Gasteiger partial charge in [-0.15, -0.1) is 5.10 Å². The normalized spacial score (nSPS) is 12.7. The molecular formula is C13H16BrClN4. The lowest BCUT2D eigenvalue weighted by molar-refractivity contribution is 0.619. The van der Waals surface area contributed by atoms with Crippen LogP contribution in [0.2, 0.25) is 5.02 Å². The van der Waals surface area contributed by atoms with Crippen molar-refractivity contribution >= 4 is 27.5 Å². The van der Waals surface area contributed by atoms with E-state index >= 15 is 0 Å². The fourth-order valence-electron chi connectivity index (χ4n) is 1.83. The first-order valence-electron chi connectivity index (χ1n) is 6.16. The Labute approximate surface area is 126 Å². The maximum Gasteiger partial charge on any atom is 0.0998 e. The molecule has 0 saturated carbocycles. The summed E-state index contributed by atoms with van der Waals surface area (Å²) >= 11 is 9.66. The standard InChI is InChI=1S/C13H16BrClN4/c1-3-4-11(16)12-7-19(18-17-12)13-6-10(15)8(2)5-9(13)14/h5-7,11H,3-4,16H2,1-2H3. The van der Waals surface area contributed by atoms with E-state index in [2.05, 4.69) is 33.2 Å². The van der Waals surface area contributed by atoms with Crippen LogP contribution in [0.25, 0.3) is 5.69 Å². The summed E-state index contributed by atoms with van der Waals surface area (Å²) in [4.78, 5) is 0. The van der Waals surface area contributed by atoms with E-state index in [4.69, 9.17) is 17.3 Å². The molecule has 0 saturated heterocycles. The van der Waals surface area contributed by atoms with Crippen molar-refractivity contribution in [2.45, 2.75) is 32.7 Å². The summed E-state index contributed by atoms with van der Waals surface area (Å²) < 4.78 is 2.62. The number of nitrogens with zero attached hydrogens (tertiary/aromatic N) is 3. The number of hydrogen-bond acceptors (Lipinski definition) is 3. The van der Waals surface area contributed by atoms with Gasteiger partial charge in [-0.2, -0.15) is 0 Å². The Bertz CT molecular complexity index is 582. The average molecular weight is 344 g/mol. The first-order valence-corrected chi connectivity index (χ1v) is 7.34. The van der Waals surface area contributed by atoms with Gasteiger partial charge < -0.3 is 5.73 Å². The van der Waals surface area contributed by atoms with Crippen molar-refractivity contribution in [3.05, 3.63) is 39.1 Å². The molecule has 0 aliphatic carbocycles. The van der Waals surface area contributed by atoms with Crippen LogP contribution in [0.5, 0.6) is 0 Å². The molecule has 1 unspecified atom stereocenters. The second kappa shape index (κ2) is 6.03. The van der Waals surface area contributed by atoms with Crippen LogP contribution in [0.1, 0.15) is 37.1 Å². The van der Waals surface area contributed by atoms with Crippen LogP contribution >= 0.6 is 27.5 Å². The van der Waals surface area contributed by atoms with Crippen LogP contribution < -0.4 is 5.73 Å². The van der Waals surface area contributed by atoms with Crippen molar-refractivity contribution in [1.29, 1.82) is 0 Å². The largest absolute Gasteiger partial charge is 0.323 e. The van der Waals surface area contributed by atoms with Crippen LogP contribution in [0, 0.1) is 6.92 Å². The minimum atomic E-state index is -0.0709. The lowest BCUT2D eigenvalue weighted by Gasteiger charge is -2.07. The number of aryl methyl sites for hydroxylation is 1. The van der Waals surface area contributed by atoms with Crippen LogP contribution in [0.3, 0.4) is 0 Å². The van der Waals surface area contributed by atoms with Crippen molar-refractivity contribution in [3.63, 3.8) is 0 Å². The second-order valence-corrected chi connectivity index (χ2v) is 5.80. The predicted molar refractivity (Wildman–Crippen MR) is 80.6 cm³/mol. The lowest BCUT2D eigenvalue weighted by Crippen LogP contribution is -2.10. The van der Waals surface area contributed by atoms with Crippen LogP contribution in [-0.4, -0.2) is 15.0 Å². The molecule has 4 nitrogen and oxygen atoms in total. The van der Waals surface area contributed by atoms with E-state index in [-0.39, 0.29) is 6.04 Å². The zero-order chi connectivity index (χ0) is 14.0. The highest BCUT2D eigenvalue weighted by Gasteiger charge is 2.12. The van der Waals surface area contributed by atoms with Crippen molar-refractivity contribution in [3.8, 4) is 5.69 Å². The molecule has 0 aliphatic rings. The van der Waals surface area contributed by atoms with Gasteiger partial charge in [0.1, 0.15) is 0 Å². The highest BCUT2D eigenvalue weighted by molar-refractivity contribution is 9.10. The summed E-state index contributed by atoms with van der Waals surface area (Å²) in [6.07, 6.45) is 3.77. The third-order valence-electron chi connectivity index (χ3n) is 2.97. The van der Waals surface area contributed by atoms with Crippen LogP contribution in [0.4, 0.5) is 0 Å². The van der Waals surface area contributed by atoms with Gasteiger partial charge in [-0.3, -0.25) is 0 Å². The Balaban J connectivity index is 2.35. The van der Waals surface area contributed by atoms with E-state index in [9.17, 15) is 0 Å². The summed E-state index contributed by atoms with van der Waals surface area (Å²) in [6, 6.07) is 3.76. The molecule has 19 heavy (non-hydrogen) atoms. The van der Waals surface area contributed by atoms with Gasteiger partial charge in [-0.1, -0.05) is 30.2 Å². The molecule has 0 spiro atoms. The molecule has 1 heterocycles. The molecule has 0 aliphatic heterocycles. The minimum absolute atomic E-state index is 0.0709. The van der Waals surface area contributed by atoms with Crippen LogP contribution in [-0.2, 0) is 0 Å².